The second-order valence-electron chi connectivity index (χ2n) is 25.6. The van der Waals surface area contributed by atoms with Crippen molar-refractivity contribution in [2.75, 3.05) is 39.6 Å². The van der Waals surface area contributed by atoms with E-state index in [-0.39, 0.29) is 25.7 Å². The van der Waals surface area contributed by atoms with E-state index >= 15 is 0 Å². The summed E-state index contributed by atoms with van der Waals surface area (Å²) in [6.45, 7) is 4.95. The van der Waals surface area contributed by atoms with Gasteiger partial charge in [0.05, 0.1) is 26.4 Å². The van der Waals surface area contributed by atoms with Gasteiger partial charge >= 0.3 is 39.5 Å². The molecule has 17 nitrogen and oxygen atoms in total. The van der Waals surface area contributed by atoms with Gasteiger partial charge in [-0.05, 0) is 25.7 Å². The highest BCUT2D eigenvalue weighted by molar-refractivity contribution is 7.47. The summed E-state index contributed by atoms with van der Waals surface area (Å²) in [5.41, 5.74) is 0. The van der Waals surface area contributed by atoms with E-state index in [2.05, 4.69) is 27.7 Å². The zero-order chi connectivity index (χ0) is 66.1. The van der Waals surface area contributed by atoms with Crippen LogP contribution in [0.5, 0.6) is 0 Å². The van der Waals surface area contributed by atoms with Crippen molar-refractivity contribution in [3.05, 3.63) is 0 Å². The number of esters is 4. The number of carbonyl (C=O) groups is 4. The van der Waals surface area contributed by atoms with Crippen LogP contribution in [0.25, 0.3) is 0 Å². The molecule has 0 aromatic rings. The first kappa shape index (κ1) is 88.1. The maximum absolute atomic E-state index is 13.0. The minimum atomic E-state index is -4.95. The molecule has 0 aromatic heterocycles. The van der Waals surface area contributed by atoms with Gasteiger partial charge in [-0.1, -0.05) is 323 Å². The number of phosphoric acid groups is 2. The Kier molecular flexibility index (Phi) is 64.3. The Morgan fingerprint density at radius 3 is 0.656 bits per heavy atom. The van der Waals surface area contributed by atoms with E-state index in [1.165, 1.54) is 205 Å². The molecular formula is C71H138O17P2. The van der Waals surface area contributed by atoms with Crippen molar-refractivity contribution in [3.63, 3.8) is 0 Å². The molecule has 0 aliphatic heterocycles. The monoisotopic (exact) mass is 1320 g/mol. The maximum atomic E-state index is 13.0. The fourth-order valence-electron chi connectivity index (χ4n) is 10.9. The summed E-state index contributed by atoms with van der Waals surface area (Å²) < 4.78 is 68.3. The third-order valence-corrected chi connectivity index (χ3v) is 18.5. The lowest BCUT2D eigenvalue weighted by molar-refractivity contribution is -0.161. The summed E-state index contributed by atoms with van der Waals surface area (Å²) in [4.78, 5) is 72.5. The summed E-state index contributed by atoms with van der Waals surface area (Å²) >= 11 is 0. The van der Waals surface area contributed by atoms with Crippen molar-refractivity contribution < 1.29 is 80.2 Å². The molecule has 0 saturated carbocycles. The molecule has 0 radical (unpaired) electrons. The van der Waals surface area contributed by atoms with E-state index in [0.717, 1.165) is 89.9 Å². The van der Waals surface area contributed by atoms with Crippen LogP contribution in [0.1, 0.15) is 374 Å². The first-order chi connectivity index (χ1) is 43.7. The minimum absolute atomic E-state index is 0.108. The first-order valence-electron chi connectivity index (χ1n) is 37.3. The number of carbonyl (C=O) groups excluding carboxylic acids is 4. The Morgan fingerprint density at radius 1 is 0.267 bits per heavy atom. The van der Waals surface area contributed by atoms with Crippen LogP contribution in [0.2, 0.25) is 0 Å². The van der Waals surface area contributed by atoms with Gasteiger partial charge in [-0.15, -0.1) is 0 Å². The summed E-state index contributed by atoms with van der Waals surface area (Å²) in [7, 11) is -9.90. The van der Waals surface area contributed by atoms with E-state index in [9.17, 15) is 43.2 Å². The van der Waals surface area contributed by atoms with Gasteiger partial charge in [-0.2, -0.15) is 0 Å². The molecule has 0 rings (SSSR count). The van der Waals surface area contributed by atoms with Crippen molar-refractivity contribution in [1.82, 2.24) is 0 Å². The average Bonchev–Trinajstić information content (AvgIpc) is 2.94. The Hall–Kier alpha value is -1.94. The van der Waals surface area contributed by atoms with E-state index in [4.69, 9.17) is 37.0 Å². The largest absolute Gasteiger partial charge is 0.472 e. The number of ether oxygens (including phenoxy) is 4. The number of hydrogen-bond donors (Lipinski definition) is 3. The zero-order valence-electron chi connectivity index (χ0n) is 58.1. The van der Waals surface area contributed by atoms with E-state index < -0.39 is 97.5 Å². The number of aliphatic hydroxyl groups is 1. The van der Waals surface area contributed by atoms with Gasteiger partial charge in [0, 0.05) is 25.7 Å². The third-order valence-electron chi connectivity index (χ3n) is 16.6. The molecule has 0 aliphatic carbocycles. The molecule has 90 heavy (non-hydrogen) atoms. The smallest absolute Gasteiger partial charge is 0.462 e. The lowest BCUT2D eigenvalue weighted by atomic mass is 10.0. The molecule has 0 aromatic carbocycles. The van der Waals surface area contributed by atoms with Crippen LogP contribution in [0.3, 0.4) is 0 Å². The molecule has 0 aliphatic rings. The van der Waals surface area contributed by atoms with Crippen molar-refractivity contribution >= 4 is 39.5 Å². The van der Waals surface area contributed by atoms with Crippen LogP contribution in [0.4, 0.5) is 0 Å². The van der Waals surface area contributed by atoms with Gasteiger partial charge in [0.2, 0.25) is 0 Å². The third kappa shape index (κ3) is 64.8. The molecule has 0 heterocycles. The molecule has 19 heteroatoms. The van der Waals surface area contributed by atoms with E-state index in [1.807, 2.05) is 0 Å². The maximum Gasteiger partial charge on any atom is 0.472 e. The van der Waals surface area contributed by atoms with Crippen LogP contribution in [0, 0.1) is 0 Å². The van der Waals surface area contributed by atoms with E-state index in [0.29, 0.717) is 25.7 Å². The van der Waals surface area contributed by atoms with Gasteiger partial charge in [-0.3, -0.25) is 37.3 Å². The number of phosphoric ester groups is 2. The zero-order valence-corrected chi connectivity index (χ0v) is 59.9. The number of aliphatic hydroxyl groups excluding tert-OH is 1. The van der Waals surface area contributed by atoms with Gasteiger partial charge in [0.15, 0.2) is 12.2 Å². The second-order valence-corrected chi connectivity index (χ2v) is 28.5. The van der Waals surface area contributed by atoms with Crippen LogP contribution >= 0.6 is 15.6 Å². The lowest BCUT2D eigenvalue weighted by Gasteiger charge is -2.21. The molecule has 534 valence electrons. The van der Waals surface area contributed by atoms with Crippen molar-refractivity contribution in [2.24, 2.45) is 0 Å². The summed E-state index contributed by atoms with van der Waals surface area (Å²) in [6.07, 6.45) is 53.9. The highest BCUT2D eigenvalue weighted by Crippen LogP contribution is 2.45. The fourth-order valence-corrected chi connectivity index (χ4v) is 12.4. The quantitative estimate of drug-likeness (QED) is 0.0222. The van der Waals surface area contributed by atoms with Gasteiger partial charge in [0.1, 0.15) is 19.3 Å². The standard InChI is InChI=1S/C71H138O17P2/c1-5-9-13-17-21-25-28-31-33-35-38-42-46-50-54-58-71(76)88-67(62-82-69(74)56-52-48-44-40-37-34-32-29-26-22-18-14-10-6-2)64-86-90(79,80)84-60-65(72)59-83-89(77,78)85-63-66(61-81-68(73)55-51-47-43-39-24-20-16-12-8-4)87-70(75)57-53-49-45-41-36-30-27-23-19-15-11-7-3/h65-67,72H,5-64H2,1-4H3,(H,77,78)(H,79,80)/t65-,66+,67+/m0/s1. The summed E-state index contributed by atoms with van der Waals surface area (Å²) in [5, 5.41) is 10.6. The normalized spacial score (nSPS) is 14.0. The SMILES string of the molecule is CCCCCCCCCCCCCCCCCC(=O)O[C@H](COC(=O)CCCCCCCCCCCCCCCC)COP(=O)(O)OC[C@@H](O)COP(=O)(O)OC[C@@H](COC(=O)CCCCCCCCCCC)OC(=O)CCCCCCCCCCCCCC. The van der Waals surface area contributed by atoms with Crippen molar-refractivity contribution in [1.29, 1.82) is 0 Å². The number of hydrogen-bond acceptors (Lipinski definition) is 15. The molecule has 0 fully saturated rings. The number of rotatable bonds is 72. The van der Waals surface area contributed by atoms with Crippen LogP contribution in [-0.2, 0) is 65.4 Å². The summed E-state index contributed by atoms with van der Waals surface area (Å²) in [5.74, 6) is -2.12. The predicted octanol–water partition coefficient (Wildman–Crippen LogP) is 20.7. The molecular weight excluding hydrogens is 1190 g/mol. The van der Waals surface area contributed by atoms with Crippen molar-refractivity contribution in [3.8, 4) is 0 Å². The van der Waals surface area contributed by atoms with Crippen LogP contribution in [-0.4, -0.2) is 96.7 Å². The molecule has 0 spiro atoms. The average molecular weight is 1330 g/mol. The van der Waals surface area contributed by atoms with Crippen LogP contribution < -0.4 is 0 Å². The Bertz CT molecular complexity index is 1720. The number of unbranched alkanes of at least 4 members (excludes halogenated alkanes) is 46. The van der Waals surface area contributed by atoms with Gasteiger partial charge in [0.25, 0.3) is 0 Å². The molecule has 2 unspecified atom stereocenters. The van der Waals surface area contributed by atoms with Crippen LogP contribution in [0.15, 0.2) is 0 Å². The highest BCUT2D eigenvalue weighted by atomic mass is 31.2. The molecule has 3 N–H and O–H groups in total. The molecule has 5 atom stereocenters. The Morgan fingerprint density at radius 2 is 0.444 bits per heavy atom. The van der Waals surface area contributed by atoms with Gasteiger partial charge in [-0.25, -0.2) is 9.13 Å². The Balaban J connectivity index is 5.23. The first-order valence-corrected chi connectivity index (χ1v) is 40.3. The molecule has 0 saturated heterocycles. The minimum Gasteiger partial charge on any atom is -0.462 e. The highest BCUT2D eigenvalue weighted by Gasteiger charge is 2.30. The fraction of sp³-hybridized carbons (Fsp3) is 0.944. The molecule has 0 amide bonds. The molecule has 0 bridgehead atoms. The van der Waals surface area contributed by atoms with Gasteiger partial charge < -0.3 is 33.8 Å². The van der Waals surface area contributed by atoms with E-state index in [1.54, 1.807) is 0 Å². The second kappa shape index (κ2) is 65.7. The topological polar surface area (TPSA) is 237 Å². The summed E-state index contributed by atoms with van der Waals surface area (Å²) in [6, 6.07) is 0. The van der Waals surface area contributed by atoms with Crippen molar-refractivity contribution in [2.45, 2.75) is 393 Å². The Labute approximate surface area is 549 Å². The lowest BCUT2D eigenvalue weighted by Crippen LogP contribution is -2.30. The predicted molar refractivity (Wildman–Crippen MR) is 363 cm³/mol.